The third-order valence-electron chi connectivity index (χ3n) is 3.31. The van der Waals surface area contributed by atoms with Crippen molar-refractivity contribution in [2.45, 2.75) is 50.5 Å². The van der Waals surface area contributed by atoms with Crippen LogP contribution in [0.1, 0.15) is 50.7 Å². The fourth-order valence-electron chi connectivity index (χ4n) is 2.48. The smallest absolute Gasteiger partial charge is 0.0927 e. The summed E-state index contributed by atoms with van der Waals surface area (Å²) >= 11 is 3.52. The van der Waals surface area contributed by atoms with Crippen LogP contribution in [0.4, 0.5) is 0 Å². The molecule has 0 aromatic heterocycles. The average molecular weight is 299 g/mol. The number of halogens is 1. The zero-order valence-electron chi connectivity index (χ0n) is 11.1. The van der Waals surface area contributed by atoms with Gasteiger partial charge in [-0.15, -0.1) is 0 Å². The minimum absolute atomic E-state index is 0.0956. The quantitative estimate of drug-likeness (QED) is 0.642. The topological polar surface area (TPSA) is 9.23 Å². The molecule has 2 heteroatoms. The Morgan fingerprint density at radius 1 is 1.18 bits per heavy atom. The van der Waals surface area contributed by atoms with Gasteiger partial charge in [0.05, 0.1) is 5.60 Å². The Labute approximate surface area is 114 Å². The van der Waals surface area contributed by atoms with Crippen molar-refractivity contribution >= 4 is 15.9 Å². The molecule has 0 saturated carbocycles. The fourth-order valence-corrected chi connectivity index (χ4v) is 2.83. The van der Waals surface area contributed by atoms with E-state index in [0.29, 0.717) is 0 Å². The van der Waals surface area contributed by atoms with Gasteiger partial charge in [0.25, 0.3) is 0 Å². The number of methoxy groups -OCH3 is 1. The highest BCUT2D eigenvalue weighted by atomic mass is 79.9. The number of hydrogen-bond donors (Lipinski definition) is 0. The van der Waals surface area contributed by atoms with Crippen molar-refractivity contribution < 1.29 is 4.74 Å². The Bertz CT molecular complexity index is 329. The predicted octanol–water partition coefficient (Wildman–Crippen LogP) is 5.02. The molecule has 0 spiro atoms. The van der Waals surface area contributed by atoms with Gasteiger partial charge in [0, 0.05) is 12.4 Å². The lowest BCUT2D eigenvalue weighted by Crippen LogP contribution is -2.28. The van der Waals surface area contributed by atoms with Crippen LogP contribution in [0.5, 0.6) is 0 Å². The van der Waals surface area contributed by atoms with Crippen LogP contribution < -0.4 is 0 Å². The molecular weight excluding hydrogens is 276 g/mol. The van der Waals surface area contributed by atoms with E-state index in [1.54, 1.807) is 0 Å². The number of benzene rings is 1. The lowest BCUT2D eigenvalue weighted by Gasteiger charge is -2.33. The van der Waals surface area contributed by atoms with Gasteiger partial charge in [0.2, 0.25) is 0 Å². The van der Waals surface area contributed by atoms with Gasteiger partial charge in [-0.2, -0.15) is 0 Å². The molecule has 0 unspecified atom stereocenters. The maximum Gasteiger partial charge on any atom is 0.0927 e. The van der Waals surface area contributed by atoms with E-state index in [9.17, 15) is 0 Å². The lowest BCUT2D eigenvalue weighted by molar-refractivity contribution is -0.0307. The number of ether oxygens (including phenoxy) is 1. The summed E-state index contributed by atoms with van der Waals surface area (Å²) in [6.07, 6.45) is 4.46. The van der Waals surface area contributed by atoms with Crippen molar-refractivity contribution in [3.63, 3.8) is 0 Å². The first-order valence-corrected chi connectivity index (χ1v) is 7.55. The molecular formula is C15H23BrO. The fraction of sp³-hybridized carbons (Fsp3) is 0.600. The van der Waals surface area contributed by atoms with Crippen LogP contribution in [0.25, 0.3) is 0 Å². The number of rotatable bonds is 7. The van der Waals surface area contributed by atoms with Gasteiger partial charge in [-0.3, -0.25) is 0 Å². The second-order valence-corrected chi connectivity index (χ2v) is 5.09. The van der Waals surface area contributed by atoms with Crippen molar-refractivity contribution in [2.75, 3.05) is 7.11 Å². The van der Waals surface area contributed by atoms with Crippen molar-refractivity contribution in [3.05, 3.63) is 35.4 Å². The second kappa shape index (κ2) is 7.17. The Hall–Kier alpha value is -0.340. The summed E-state index contributed by atoms with van der Waals surface area (Å²) in [5, 5.41) is 0.902. The molecule has 0 aliphatic heterocycles. The van der Waals surface area contributed by atoms with E-state index < -0.39 is 0 Å². The molecule has 0 atom stereocenters. The van der Waals surface area contributed by atoms with E-state index in [0.717, 1.165) is 31.0 Å². The highest BCUT2D eigenvalue weighted by Gasteiger charge is 2.30. The highest BCUT2D eigenvalue weighted by molar-refractivity contribution is 9.08. The zero-order chi connectivity index (χ0) is 12.7. The Morgan fingerprint density at radius 3 is 2.29 bits per heavy atom. The van der Waals surface area contributed by atoms with Gasteiger partial charge in [-0.25, -0.2) is 0 Å². The maximum absolute atomic E-state index is 5.89. The Morgan fingerprint density at radius 2 is 1.82 bits per heavy atom. The van der Waals surface area contributed by atoms with Gasteiger partial charge in [-0.1, -0.05) is 66.9 Å². The van der Waals surface area contributed by atoms with Gasteiger partial charge in [0.1, 0.15) is 0 Å². The number of alkyl halides is 1. The molecule has 0 N–H and O–H groups in total. The maximum atomic E-state index is 5.89. The summed E-state index contributed by atoms with van der Waals surface area (Å²) in [4.78, 5) is 0. The molecule has 1 aromatic carbocycles. The van der Waals surface area contributed by atoms with Crippen molar-refractivity contribution in [1.82, 2.24) is 0 Å². The van der Waals surface area contributed by atoms with E-state index in [1.807, 2.05) is 7.11 Å². The average Bonchev–Trinajstić information content (AvgIpc) is 2.38. The molecule has 1 nitrogen and oxygen atoms in total. The predicted molar refractivity (Wildman–Crippen MR) is 77.6 cm³/mol. The second-order valence-electron chi connectivity index (χ2n) is 4.53. The third-order valence-corrected chi connectivity index (χ3v) is 3.95. The molecule has 1 aromatic rings. The number of hydrogen-bond acceptors (Lipinski definition) is 1. The summed E-state index contributed by atoms with van der Waals surface area (Å²) in [6.45, 7) is 4.44. The van der Waals surface area contributed by atoms with E-state index in [2.05, 4.69) is 54.0 Å². The summed E-state index contributed by atoms with van der Waals surface area (Å²) < 4.78 is 5.89. The first-order valence-electron chi connectivity index (χ1n) is 6.43. The van der Waals surface area contributed by atoms with Crippen molar-refractivity contribution in [3.8, 4) is 0 Å². The molecule has 0 aliphatic carbocycles. The molecule has 0 fully saturated rings. The standard InChI is InChI=1S/C15H23BrO/c1-4-9-15(17-3,10-5-2)14-8-6-7-13(11-14)12-16/h6-8,11H,4-5,9-10,12H2,1-3H3. The van der Waals surface area contributed by atoms with Crippen LogP contribution >= 0.6 is 15.9 Å². The van der Waals surface area contributed by atoms with Crippen LogP contribution in [0, 0.1) is 0 Å². The highest BCUT2D eigenvalue weighted by Crippen LogP contribution is 2.35. The minimum Gasteiger partial charge on any atom is -0.374 e. The monoisotopic (exact) mass is 298 g/mol. The van der Waals surface area contributed by atoms with E-state index in [-0.39, 0.29) is 5.60 Å². The van der Waals surface area contributed by atoms with Gasteiger partial charge in [0.15, 0.2) is 0 Å². The minimum atomic E-state index is -0.0956. The lowest BCUT2D eigenvalue weighted by atomic mass is 9.84. The molecule has 1 rings (SSSR count). The SMILES string of the molecule is CCCC(CCC)(OC)c1cccc(CBr)c1. The first-order chi connectivity index (χ1) is 8.22. The van der Waals surface area contributed by atoms with Crippen LogP contribution in [0.3, 0.4) is 0 Å². The van der Waals surface area contributed by atoms with Crippen LogP contribution in [-0.4, -0.2) is 7.11 Å². The van der Waals surface area contributed by atoms with Gasteiger partial charge in [-0.05, 0) is 24.0 Å². The largest absolute Gasteiger partial charge is 0.374 e. The molecule has 0 aliphatic rings. The summed E-state index contributed by atoms with van der Waals surface area (Å²) in [5.74, 6) is 0. The first kappa shape index (κ1) is 14.7. The van der Waals surface area contributed by atoms with Crippen LogP contribution in [-0.2, 0) is 15.7 Å². The molecule has 0 heterocycles. The molecule has 0 radical (unpaired) electrons. The summed E-state index contributed by atoms with van der Waals surface area (Å²) in [7, 11) is 1.84. The summed E-state index contributed by atoms with van der Waals surface area (Å²) in [5.41, 5.74) is 2.54. The van der Waals surface area contributed by atoms with Crippen molar-refractivity contribution in [2.24, 2.45) is 0 Å². The molecule has 17 heavy (non-hydrogen) atoms. The summed E-state index contributed by atoms with van der Waals surface area (Å²) in [6, 6.07) is 8.74. The van der Waals surface area contributed by atoms with Crippen LogP contribution in [0.15, 0.2) is 24.3 Å². The molecule has 0 bridgehead atoms. The van der Waals surface area contributed by atoms with E-state index >= 15 is 0 Å². The van der Waals surface area contributed by atoms with Crippen molar-refractivity contribution in [1.29, 1.82) is 0 Å². The van der Waals surface area contributed by atoms with E-state index in [4.69, 9.17) is 4.74 Å². The zero-order valence-corrected chi connectivity index (χ0v) is 12.7. The van der Waals surface area contributed by atoms with Crippen LogP contribution in [0.2, 0.25) is 0 Å². The molecule has 0 saturated heterocycles. The normalized spacial score (nSPS) is 11.8. The van der Waals surface area contributed by atoms with Gasteiger partial charge >= 0.3 is 0 Å². The Balaban J connectivity index is 3.09. The van der Waals surface area contributed by atoms with E-state index in [1.165, 1.54) is 11.1 Å². The molecule has 0 amide bonds. The molecule has 96 valence electrons. The Kier molecular flexibility index (Phi) is 6.21. The third kappa shape index (κ3) is 3.56. The van der Waals surface area contributed by atoms with Gasteiger partial charge < -0.3 is 4.74 Å².